The third kappa shape index (κ3) is 4.36. The molecule has 0 saturated carbocycles. The topological polar surface area (TPSA) is 50.2 Å². The fourth-order valence-corrected chi connectivity index (χ4v) is 3.85. The van der Waals surface area contributed by atoms with Gasteiger partial charge >= 0.3 is 0 Å². The molecule has 1 amide bonds. The Hall–Kier alpha value is -2.63. The number of hydrogen-bond donors (Lipinski definition) is 1. The smallest absolute Gasteiger partial charge is 0.257 e. The number of aromatic nitrogens is 2. The van der Waals surface area contributed by atoms with Crippen LogP contribution in [0.2, 0.25) is 0 Å². The molecule has 2 heterocycles. The van der Waals surface area contributed by atoms with Gasteiger partial charge in [-0.05, 0) is 44.5 Å². The maximum absolute atomic E-state index is 13.5. The Bertz CT molecular complexity index is 970. The summed E-state index contributed by atoms with van der Waals surface area (Å²) < 4.78 is 1.81. The van der Waals surface area contributed by atoms with Gasteiger partial charge in [-0.1, -0.05) is 42.5 Å². The molecule has 4 rings (SSSR count). The number of benzene rings is 2. The van der Waals surface area contributed by atoms with Gasteiger partial charge in [-0.25, -0.2) is 4.68 Å². The first-order valence-corrected chi connectivity index (χ1v) is 9.85. The van der Waals surface area contributed by atoms with E-state index in [1.165, 1.54) is 0 Å². The highest BCUT2D eigenvalue weighted by molar-refractivity contribution is 6.00. The monoisotopic (exact) mass is 410 g/mol. The number of piperidine rings is 1. The maximum Gasteiger partial charge on any atom is 0.257 e. The molecule has 1 N–H and O–H groups in total. The molecule has 3 aromatic rings. The Morgan fingerprint density at radius 1 is 1.10 bits per heavy atom. The average molecular weight is 411 g/mol. The third-order valence-corrected chi connectivity index (χ3v) is 5.48. The lowest BCUT2D eigenvalue weighted by Gasteiger charge is -2.32. The van der Waals surface area contributed by atoms with E-state index in [9.17, 15) is 4.79 Å². The van der Waals surface area contributed by atoms with Crippen molar-refractivity contribution in [3.63, 3.8) is 0 Å². The minimum Gasteiger partial charge on any atom is -0.337 e. The molecule has 1 aliphatic heterocycles. The van der Waals surface area contributed by atoms with Crippen LogP contribution < -0.4 is 5.32 Å². The summed E-state index contributed by atoms with van der Waals surface area (Å²) in [5.74, 6) is 0.0559. The van der Waals surface area contributed by atoms with Crippen LogP contribution in [0.4, 0.5) is 0 Å². The molecular formula is C23H27ClN4O. The number of likely N-dealkylation sites (N-methyl/N-ethyl adjacent to an activating group) is 1. The van der Waals surface area contributed by atoms with Crippen molar-refractivity contribution in [2.24, 2.45) is 0 Å². The van der Waals surface area contributed by atoms with E-state index in [2.05, 4.69) is 18.3 Å². The summed E-state index contributed by atoms with van der Waals surface area (Å²) in [5, 5.41) is 8.13. The lowest BCUT2D eigenvalue weighted by atomic mass is 10.0. The van der Waals surface area contributed by atoms with Crippen LogP contribution in [-0.2, 0) is 0 Å². The van der Waals surface area contributed by atoms with Crippen LogP contribution >= 0.6 is 12.4 Å². The van der Waals surface area contributed by atoms with Crippen LogP contribution in [0.1, 0.15) is 28.8 Å². The Morgan fingerprint density at radius 2 is 1.83 bits per heavy atom. The van der Waals surface area contributed by atoms with Gasteiger partial charge in [0, 0.05) is 30.9 Å². The number of carbonyl (C=O) groups excluding carboxylic acids is 1. The van der Waals surface area contributed by atoms with Gasteiger partial charge in [0.05, 0.1) is 11.3 Å². The molecule has 1 aliphatic rings. The van der Waals surface area contributed by atoms with Crippen molar-refractivity contribution in [1.29, 1.82) is 0 Å². The zero-order valence-corrected chi connectivity index (χ0v) is 17.7. The van der Waals surface area contributed by atoms with Gasteiger partial charge in [0.1, 0.15) is 5.69 Å². The number of aryl methyl sites for hydroxylation is 1. The molecule has 1 unspecified atom stereocenters. The lowest BCUT2D eigenvalue weighted by Crippen LogP contribution is -2.47. The van der Waals surface area contributed by atoms with Gasteiger partial charge in [-0.2, -0.15) is 5.10 Å². The van der Waals surface area contributed by atoms with Crippen molar-refractivity contribution in [2.45, 2.75) is 25.8 Å². The van der Waals surface area contributed by atoms with E-state index in [-0.39, 0.29) is 18.3 Å². The highest BCUT2D eigenvalue weighted by atomic mass is 35.5. The fourth-order valence-electron chi connectivity index (χ4n) is 3.85. The number of para-hydroxylation sites is 1. The highest BCUT2D eigenvalue weighted by Gasteiger charge is 2.27. The van der Waals surface area contributed by atoms with E-state index in [1.54, 1.807) is 0 Å². The number of carbonyl (C=O) groups is 1. The summed E-state index contributed by atoms with van der Waals surface area (Å²) in [6.45, 7) is 3.59. The van der Waals surface area contributed by atoms with Crippen molar-refractivity contribution < 1.29 is 4.79 Å². The Balaban J connectivity index is 0.00000240. The quantitative estimate of drug-likeness (QED) is 0.704. The number of amides is 1. The molecule has 1 aromatic heterocycles. The van der Waals surface area contributed by atoms with E-state index in [4.69, 9.17) is 5.10 Å². The second-order valence-corrected chi connectivity index (χ2v) is 7.37. The highest BCUT2D eigenvalue weighted by Crippen LogP contribution is 2.28. The average Bonchev–Trinajstić information content (AvgIpc) is 3.19. The van der Waals surface area contributed by atoms with Gasteiger partial charge in [-0.3, -0.25) is 4.79 Å². The largest absolute Gasteiger partial charge is 0.337 e. The normalized spacial score (nSPS) is 16.3. The number of nitrogens with one attached hydrogen (secondary N) is 1. The number of hydrogen-bond acceptors (Lipinski definition) is 3. The molecule has 1 atom stereocenters. The molecule has 1 saturated heterocycles. The summed E-state index contributed by atoms with van der Waals surface area (Å²) in [5.41, 5.74) is 4.47. The first-order valence-electron chi connectivity index (χ1n) is 9.85. The van der Waals surface area contributed by atoms with Crippen LogP contribution in [0.3, 0.4) is 0 Å². The van der Waals surface area contributed by atoms with Crippen molar-refractivity contribution >= 4 is 18.3 Å². The van der Waals surface area contributed by atoms with E-state index in [0.717, 1.165) is 48.4 Å². The summed E-state index contributed by atoms with van der Waals surface area (Å²) >= 11 is 0. The van der Waals surface area contributed by atoms with Gasteiger partial charge in [0.2, 0.25) is 0 Å². The first kappa shape index (κ1) is 21.1. The van der Waals surface area contributed by atoms with Crippen molar-refractivity contribution in [2.75, 3.05) is 20.1 Å². The summed E-state index contributed by atoms with van der Waals surface area (Å²) in [6, 6.07) is 18.4. The summed E-state index contributed by atoms with van der Waals surface area (Å²) in [4.78, 5) is 15.4. The van der Waals surface area contributed by atoms with Crippen LogP contribution in [0.15, 0.2) is 60.8 Å². The molecule has 6 heteroatoms. The number of likely N-dealkylation sites (tertiary alicyclic amines) is 1. The second kappa shape index (κ2) is 9.25. The van der Waals surface area contributed by atoms with Gasteiger partial charge in [-0.15, -0.1) is 12.4 Å². The number of nitrogens with zero attached hydrogens (tertiary/aromatic N) is 3. The van der Waals surface area contributed by atoms with E-state index < -0.39 is 0 Å². The molecular weight excluding hydrogens is 384 g/mol. The van der Waals surface area contributed by atoms with E-state index in [0.29, 0.717) is 11.6 Å². The van der Waals surface area contributed by atoms with Crippen LogP contribution in [-0.4, -0.2) is 46.8 Å². The van der Waals surface area contributed by atoms with Crippen LogP contribution in [0, 0.1) is 6.92 Å². The Kier molecular flexibility index (Phi) is 6.72. The SMILES string of the molecule is CNC1CCCN(C(=O)c2cn(-c3ccccc3)nc2-c2ccccc2C)C1.Cl. The summed E-state index contributed by atoms with van der Waals surface area (Å²) in [6.07, 6.45) is 4.00. The predicted octanol–water partition coefficient (Wildman–Crippen LogP) is 4.09. The zero-order valence-electron chi connectivity index (χ0n) is 16.8. The van der Waals surface area contributed by atoms with E-state index >= 15 is 0 Å². The molecule has 1 fully saturated rings. The molecule has 152 valence electrons. The molecule has 5 nitrogen and oxygen atoms in total. The second-order valence-electron chi connectivity index (χ2n) is 7.37. The molecule has 29 heavy (non-hydrogen) atoms. The minimum atomic E-state index is 0. The van der Waals surface area contributed by atoms with Crippen molar-refractivity contribution in [3.8, 4) is 16.9 Å². The van der Waals surface area contributed by atoms with Crippen LogP contribution in [0.25, 0.3) is 16.9 Å². The van der Waals surface area contributed by atoms with Gasteiger partial charge in [0.25, 0.3) is 5.91 Å². The fraction of sp³-hybridized carbons (Fsp3) is 0.304. The first-order chi connectivity index (χ1) is 13.7. The third-order valence-electron chi connectivity index (χ3n) is 5.48. The molecule has 0 radical (unpaired) electrons. The Labute approximate surface area is 178 Å². The Morgan fingerprint density at radius 3 is 2.55 bits per heavy atom. The zero-order chi connectivity index (χ0) is 19.5. The number of rotatable bonds is 4. The lowest BCUT2D eigenvalue weighted by molar-refractivity contribution is 0.0699. The van der Waals surface area contributed by atoms with E-state index in [1.807, 2.05) is 71.4 Å². The molecule has 0 spiro atoms. The van der Waals surface area contributed by atoms with Crippen molar-refractivity contribution in [1.82, 2.24) is 20.0 Å². The minimum absolute atomic E-state index is 0. The standard InChI is InChI=1S/C23H26N4O.ClH/c1-17-9-6-7-13-20(17)22-21(16-27(25-22)19-11-4-3-5-12-19)23(28)26-14-8-10-18(15-26)24-2;/h3-7,9,11-13,16,18,24H,8,10,14-15H2,1-2H3;1H. The molecule has 2 aromatic carbocycles. The molecule has 0 bridgehead atoms. The van der Waals surface area contributed by atoms with Crippen molar-refractivity contribution in [3.05, 3.63) is 71.9 Å². The van der Waals surface area contributed by atoms with Gasteiger partial charge < -0.3 is 10.2 Å². The summed E-state index contributed by atoms with van der Waals surface area (Å²) in [7, 11) is 1.96. The predicted molar refractivity (Wildman–Crippen MR) is 119 cm³/mol. The van der Waals surface area contributed by atoms with Gasteiger partial charge in [0.15, 0.2) is 0 Å². The van der Waals surface area contributed by atoms with Crippen LogP contribution in [0.5, 0.6) is 0 Å². The maximum atomic E-state index is 13.5. The molecule has 0 aliphatic carbocycles. The number of halogens is 1.